The Bertz CT molecular complexity index is 600. The van der Waals surface area contributed by atoms with Crippen molar-refractivity contribution in [2.75, 3.05) is 0 Å². The van der Waals surface area contributed by atoms with Crippen LogP contribution in [0.4, 0.5) is 0 Å². The standard InChI is InChI=1S/C17H26N4O2/c1-11(2)18-17(23)15-20-14(13-9-5-6-10-21(13)15)16(22)19-12-7-3-4-8-12/h11-12H,3-10H2,1-2H3,(H,18,23)(H,19,22). The molecule has 0 spiro atoms. The van der Waals surface area contributed by atoms with E-state index >= 15 is 0 Å². The predicted octanol–water partition coefficient (Wildman–Crippen LogP) is 2.03. The highest BCUT2D eigenvalue weighted by molar-refractivity contribution is 5.97. The number of fused-ring (bicyclic) bond motifs is 1. The Labute approximate surface area is 137 Å². The first kappa shape index (κ1) is 16.0. The minimum Gasteiger partial charge on any atom is -0.348 e. The van der Waals surface area contributed by atoms with Gasteiger partial charge in [0.15, 0.2) is 5.82 Å². The third kappa shape index (κ3) is 3.41. The number of hydrogen-bond acceptors (Lipinski definition) is 3. The Morgan fingerprint density at radius 3 is 2.57 bits per heavy atom. The Hall–Kier alpha value is -1.85. The fraction of sp³-hybridized carbons (Fsp3) is 0.706. The molecule has 1 fully saturated rings. The summed E-state index contributed by atoms with van der Waals surface area (Å²) in [6, 6.07) is 0.311. The molecule has 126 valence electrons. The van der Waals surface area contributed by atoms with Gasteiger partial charge < -0.3 is 15.2 Å². The Kier molecular flexibility index (Phi) is 4.68. The quantitative estimate of drug-likeness (QED) is 0.892. The molecule has 0 aromatic carbocycles. The van der Waals surface area contributed by atoms with E-state index in [1.807, 2.05) is 18.4 Å². The fourth-order valence-corrected chi connectivity index (χ4v) is 3.55. The second-order valence-electron chi connectivity index (χ2n) is 6.92. The van der Waals surface area contributed by atoms with Crippen molar-refractivity contribution in [2.45, 2.75) is 77.4 Å². The van der Waals surface area contributed by atoms with Gasteiger partial charge in [0.2, 0.25) is 0 Å². The molecule has 0 atom stereocenters. The van der Waals surface area contributed by atoms with E-state index in [1.54, 1.807) is 0 Å². The van der Waals surface area contributed by atoms with Crippen molar-refractivity contribution in [3.05, 3.63) is 17.2 Å². The lowest BCUT2D eigenvalue weighted by molar-refractivity contribution is 0.0926. The Balaban J connectivity index is 1.86. The maximum absolute atomic E-state index is 12.6. The molecule has 2 heterocycles. The van der Waals surface area contributed by atoms with E-state index in [0.717, 1.165) is 44.3 Å². The summed E-state index contributed by atoms with van der Waals surface area (Å²) in [4.78, 5) is 29.4. The molecule has 1 aliphatic heterocycles. The van der Waals surface area contributed by atoms with Gasteiger partial charge >= 0.3 is 0 Å². The van der Waals surface area contributed by atoms with E-state index in [1.165, 1.54) is 12.8 Å². The van der Waals surface area contributed by atoms with Gasteiger partial charge in [-0.05, 0) is 46.0 Å². The van der Waals surface area contributed by atoms with Crippen LogP contribution in [0.5, 0.6) is 0 Å². The lowest BCUT2D eigenvalue weighted by Gasteiger charge is -2.18. The van der Waals surface area contributed by atoms with Gasteiger partial charge in [0.05, 0.1) is 5.69 Å². The number of nitrogens with one attached hydrogen (secondary N) is 2. The Morgan fingerprint density at radius 2 is 1.87 bits per heavy atom. The van der Waals surface area contributed by atoms with Gasteiger partial charge in [-0.25, -0.2) is 4.98 Å². The molecule has 2 N–H and O–H groups in total. The molecule has 2 amide bonds. The number of carbonyl (C=O) groups is 2. The number of hydrogen-bond donors (Lipinski definition) is 2. The fourth-order valence-electron chi connectivity index (χ4n) is 3.55. The van der Waals surface area contributed by atoms with Gasteiger partial charge in [-0.1, -0.05) is 12.8 Å². The monoisotopic (exact) mass is 318 g/mol. The summed E-state index contributed by atoms with van der Waals surface area (Å²) in [7, 11) is 0. The largest absolute Gasteiger partial charge is 0.348 e. The zero-order valence-corrected chi connectivity index (χ0v) is 14.0. The minimum absolute atomic E-state index is 0.0507. The van der Waals surface area contributed by atoms with E-state index in [-0.39, 0.29) is 23.9 Å². The van der Waals surface area contributed by atoms with E-state index < -0.39 is 0 Å². The highest BCUT2D eigenvalue weighted by Gasteiger charge is 2.29. The second-order valence-corrected chi connectivity index (χ2v) is 6.92. The van der Waals surface area contributed by atoms with Crippen LogP contribution in [-0.4, -0.2) is 33.4 Å². The smallest absolute Gasteiger partial charge is 0.287 e. The van der Waals surface area contributed by atoms with Gasteiger partial charge in [-0.3, -0.25) is 9.59 Å². The van der Waals surface area contributed by atoms with Gasteiger partial charge in [-0.2, -0.15) is 0 Å². The maximum atomic E-state index is 12.6. The van der Waals surface area contributed by atoms with Crippen LogP contribution in [0.3, 0.4) is 0 Å². The molecule has 0 unspecified atom stereocenters. The summed E-state index contributed by atoms with van der Waals surface area (Å²) in [5.74, 6) is 0.0687. The van der Waals surface area contributed by atoms with Crippen molar-refractivity contribution >= 4 is 11.8 Å². The van der Waals surface area contributed by atoms with Crippen LogP contribution >= 0.6 is 0 Å². The molecule has 6 nitrogen and oxygen atoms in total. The van der Waals surface area contributed by atoms with Crippen LogP contribution in [-0.2, 0) is 13.0 Å². The summed E-state index contributed by atoms with van der Waals surface area (Å²) in [6.07, 6.45) is 7.32. The zero-order valence-electron chi connectivity index (χ0n) is 14.0. The first-order valence-corrected chi connectivity index (χ1v) is 8.77. The molecule has 0 saturated heterocycles. The van der Waals surface area contributed by atoms with E-state index in [9.17, 15) is 9.59 Å². The highest BCUT2D eigenvalue weighted by atomic mass is 16.2. The SMILES string of the molecule is CC(C)NC(=O)c1nc(C(=O)NC2CCCC2)c2n1CCCC2. The predicted molar refractivity (Wildman–Crippen MR) is 87.5 cm³/mol. The molecular formula is C17H26N4O2. The second kappa shape index (κ2) is 6.72. The number of carbonyl (C=O) groups excluding carboxylic acids is 2. The molecule has 1 aromatic heterocycles. The van der Waals surface area contributed by atoms with Crippen molar-refractivity contribution in [1.29, 1.82) is 0 Å². The molecule has 6 heteroatoms. The third-order valence-corrected chi connectivity index (χ3v) is 4.65. The topological polar surface area (TPSA) is 76.0 Å². The van der Waals surface area contributed by atoms with Gasteiger partial charge in [0, 0.05) is 18.6 Å². The highest BCUT2D eigenvalue weighted by Crippen LogP contribution is 2.23. The molecule has 1 aliphatic carbocycles. The third-order valence-electron chi connectivity index (χ3n) is 4.65. The van der Waals surface area contributed by atoms with Crippen LogP contribution < -0.4 is 10.6 Å². The van der Waals surface area contributed by atoms with Crippen molar-refractivity contribution in [3.8, 4) is 0 Å². The van der Waals surface area contributed by atoms with Crippen LogP contribution in [0.15, 0.2) is 0 Å². The van der Waals surface area contributed by atoms with E-state index in [0.29, 0.717) is 11.5 Å². The molecule has 1 aromatic rings. The zero-order chi connectivity index (χ0) is 16.4. The molecular weight excluding hydrogens is 292 g/mol. The van der Waals surface area contributed by atoms with Crippen molar-refractivity contribution in [2.24, 2.45) is 0 Å². The first-order chi connectivity index (χ1) is 11.1. The van der Waals surface area contributed by atoms with E-state index in [4.69, 9.17) is 0 Å². The lowest BCUT2D eigenvalue weighted by Crippen LogP contribution is -2.33. The van der Waals surface area contributed by atoms with Crippen molar-refractivity contribution in [1.82, 2.24) is 20.2 Å². The van der Waals surface area contributed by atoms with Crippen LogP contribution in [0, 0.1) is 0 Å². The number of imidazole rings is 1. The summed E-state index contributed by atoms with van der Waals surface area (Å²) in [5.41, 5.74) is 1.37. The molecule has 3 rings (SSSR count). The van der Waals surface area contributed by atoms with Crippen molar-refractivity contribution in [3.63, 3.8) is 0 Å². The molecule has 0 bridgehead atoms. The summed E-state index contributed by atoms with van der Waals surface area (Å²) >= 11 is 0. The average molecular weight is 318 g/mol. The number of nitrogens with zero attached hydrogens (tertiary/aromatic N) is 2. The maximum Gasteiger partial charge on any atom is 0.287 e. The Morgan fingerprint density at radius 1 is 1.13 bits per heavy atom. The van der Waals surface area contributed by atoms with Crippen molar-refractivity contribution < 1.29 is 9.59 Å². The summed E-state index contributed by atoms with van der Waals surface area (Å²) in [5, 5.41) is 5.97. The van der Waals surface area contributed by atoms with Gasteiger partial charge in [-0.15, -0.1) is 0 Å². The molecule has 2 aliphatic rings. The average Bonchev–Trinajstić information content (AvgIpc) is 3.13. The minimum atomic E-state index is -0.192. The van der Waals surface area contributed by atoms with E-state index in [2.05, 4.69) is 15.6 Å². The molecule has 0 radical (unpaired) electrons. The number of rotatable bonds is 4. The lowest BCUT2D eigenvalue weighted by atomic mass is 10.1. The normalized spacial score (nSPS) is 18.0. The number of amides is 2. The molecule has 23 heavy (non-hydrogen) atoms. The number of aromatic nitrogens is 2. The first-order valence-electron chi connectivity index (χ1n) is 8.77. The van der Waals surface area contributed by atoms with Gasteiger partial charge in [0.1, 0.15) is 5.69 Å². The van der Waals surface area contributed by atoms with Crippen LogP contribution in [0.1, 0.15) is 79.2 Å². The molecule has 1 saturated carbocycles. The summed E-state index contributed by atoms with van der Waals surface area (Å²) < 4.78 is 1.94. The summed E-state index contributed by atoms with van der Waals surface area (Å²) in [6.45, 7) is 4.61. The van der Waals surface area contributed by atoms with Gasteiger partial charge in [0.25, 0.3) is 11.8 Å². The van der Waals surface area contributed by atoms with Crippen LogP contribution in [0.2, 0.25) is 0 Å². The van der Waals surface area contributed by atoms with Crippen LogP contribution in [0.25, 0.3) is 0 Å².